The maximum absolute atomic E-state index is 13.0. The van der Waals surface area contributed by atoms with E-state index in [-0.39, 0.29) is 11.5 Å². The molecular weight excluding hydrogens is 286 g/mol. The third-order valence-electron chi connectivity index (χ3n) is 4.22. The molecule has 2 aromatic rings. The Morgan fingerprint density at radius 2 is 2.00 bits per heavy atom. The van der Waals surface area contributed by atoms with Gasteiger partial charge in [-0.2, -0.15) is 0 Å². The molecule has 114 valence electrons. The number of amides is 1. The zero-order valence-electron chi connectivity index (χ0n) is 12.4. The van der Waals surface area contributed by atoms with Crippen LogP contribution in [0, 0.1) is 6.92 Å². The Hall–Kier alpha value is -2.30. The third-order valence-corrected chi connectivity index (χ3v) is 4.22. The van der Waals surface area contributed by atoms with Crippen molar-refractivity contribution in [3.8, 4) is 11.1 Å². The second-order valence-corrected chi connectivity index (χ2v) is 5.50. The van der Waals surface area contributed by atoms with Crippen molar-refractivity contribution < 1.29 is 13.6 Å². The molecule has 3 rings (SSSR count). The second kappa shape index (κ2) is 5.48. The molecule has 0 N–H and O–H groups in total. The summed E-state index contributed by atoms with van der Waals surface area (Å²) in [6.45, 7) is 1.69. The monoisotopic (exact) mass is 302 g/mol. The Morgan fingerprint density at radius 3 is 2.73 bits per heavy atom. The van der Waals surface area contributed by atoms with Gasteiger partial charge in [0.05, 0.1) is 0 Å². The molecule has 0 atom stereocenters. The van der Waals surface area contributed by atoms with Crippen molar-refractivity contribution in [1.29, 1.82) is 0 Å². The zero-order valence-corrected chi connectivity index (χ0v) is 12.4. The fraction of sp³-hybridized carbons (Fsp3) is 0.294. The van der Waals surface area contributed by atoms with Gasteiger partial charge in [0.25, 0.3) is 6.43 Å². The molecule has 0 aliphatic carbocycles. The largest absolute Gasteiger partial charge is 0.315 e. The van der Waals surface area contributed by atoms with Gasteiger partial charge in [-0.25, -0.2) is 8.78 Å². The van der Waals surface area contributed by atoms with E-state index in [1.165, 1.54) is 6.20 Å². The Balaban J connectivity index is 2.08. The minimum Gasteiger partial charge on any atom is -0.315 e. The Kier molecular flexibility index (Phi) is 3.64. The first-order valence-corrected chi connectivity index (χ1v) is 7.11. The summed E-state index contributed by atoms with van der Waals surface area (Å²) in [6, 6.07) is 5.70. The first-order valence-electron chi connectivity index (χ1n) is 7.11. The van der Waals surface area contributed by atoms with Crippen LogP contribution in [0.4, 0.5) is 14.5 Å². The number of aryl methyl sites for hydroxylation is 1. The summed E-state index contributed by atoms with van der Waals surface area (Å²) < 4.78 is 26.0. The van der Waals surface area contributed by atoms with E-state index >= 15 is 0 Å². The number of carbonyl (C=O) groups is 1. The topological polar surface area (TPSA) is 33.2 Å². The number of rotatable bonds is 2. The van der Waals surface area contributed by atoms with E-state index < -0.39 is 6.43 Å². The van der Waals surface area contributed by atoms with Crippen molar-refractivity contribution in [2.45, 2.75) is 26.2 Å². The van der Waals surface area contributed by atoms with Gasteiger partial charge < -0.3 is 4.90 Å². The highest BCUT2D eigenvalue weighted by Gasteiger charge is 2.22. The highest BCUT2D eigenvalue weighted by Crippen LogP contribution is 2.34. The van der Waals surface area contributed by atoms with Crippen molar-refractivity contribution in [1.82, 2.24) is 4.98 Å². The van der Waals surface area contributed by atoms with Crippen LogP contribution < -0.4 is 4.90 Å². The lowest BCUT2D eigenvalue weighted by Gasteiger charge is -2.26. The number of hydrogen-bond acceptors (Lipinski definition) is 2. The van der Waals surface area contributed by atoms with Crippen LogP contribution in [-0.4, -0.2) is 17.9 Å². The Morgan fingerprint density at radius 1 is 1.23 bits per heavy atom. The number of pyridine rings is 1. The summed E-state index contributed by atoms with van der Waals surface area (Å²) in [7, 11) is 1.75. The van der Waals surface area contributed by atoms with Gasteiger partial charge in [-0.1, -0.05) is 6.07 Å². The molecule has 1 aliphatic heterocycles. The number of nitrogens with zero attached hydrogens (tertiary/aromatic N) is 2. The molecule has 0 spiro atoms. The van der Waals surface area contributed by atoms with E-state index in [4.69, 9.17) is 0 Å². The van der Waals surface area contributed by atoms with Gasteiger partial charge in [0.2, 0.25) is 5.91 Å². The molecule has 1 aliphatic rings. The van der Waals surface area contributed by atoms with Gasteiger partial charge in [0.15, 0.2) is 0 Å². The summed E-state index contributed by atoms with van der Waals surface area (Å²) >= 11 is 0. The van der Waals surface area contributed by atoms with Crippen LogP contribution in [-0.2, 0) is 11.2 Å². The molecule has 5 heteroatoms. The second-order valence-electron chi connectivity index (χ2n) is 5.50. The van der Waals surface area contributed by atoms with Crippen molar-refractivity contribution in [2.75, 3.05) is 11.9 Å². The molecular formula is C17H16F2N2O. The SMILES string of the molecule is Cc1c(-c2ccc3c(c2)CCC(=O)N3C)cncc1C(F)F. The maximum Gasteiger partial charge on any atom is 0.265 e. The molecule has 0 fully saturated rings. The van der Waals surface area contributed by atoms with Crippen molar-refractivity contribution in [3.05, 3.63) is 47.3 Å². The molecule has 3 nitrogen and oxygen atoms in total. The molecule has 1 aromatic carbocycles. The first-order chi connectivity index (χ1) is 10.5. The van der Waals surface area contributed by atoms with Crippen LogP contribution >= 0.6 is 0 Å². The minimum atomic E-state index is -2.53. The molecule has 1 aromatic heterocycles. The van der Waals surface area contributed by atoms with E-state index in [0.717, 1.165) is 16.8 Å². The Bertz CT molecular complexity index is 743. The summed E-state index contributed by atoms with van der Waals surface area (Å²) in [5.74, 6) is 0.0952. The number of hydrogen-bond donors (Lipinski definition) is 0. The lowest BCUT2D eigenvalue weighted by Crippen LogP contribution is -2.30. The molecule has 1 amide bonds. The van der Waals surface area contributed by atoms with Crippen LogP contribution in [0.25, 0.3) is 11.1 Å². The molecule has 0 saturated carbocycles. The predicted octanol–water partition coefficient (Wildman–Crippen LogP) is 3.90. The van der Waals surface area contributed by atoms with Crippen molar-refractivity contribution in [3.63, 3.8) is 0 Å². The Labute approximate surface area is 127 Å². The van der Waals surface area contributed by atoms with E-state index in [0.29, 0.717) is 24.0 Å². The quantitative estimate of drug-likeness (QED) is 0.843. The summed E-state index contributed by atoms with van der Waals surface area (Å²) in [5.41, 5.74) is 4.01. The molecule has 0 unspecified atom stereocenters. The lowest BCUT2D eigenvalue weighted by molar-refractivity contribution is -0.118. The van der Waals surface area contributed by atoms with Gasteiger partial charge in [-0.15, -0.1) is 0 Å². The number of benzene rings is 1. The van der Waals surface area contributed by atoms with Crippen molar-refractivity contribution in [2.24, 2.45) is 0 Å². The molecule has 0 radical (unpaired) electrons. The number of aromatic nitrogens is 1. The highest BCUT2D eigenvalue weighted by molar-refractivity contribution is 5.96. The molecule has 0 saturated heterocycles. The number of anilines is 1. The van der Waals surface area contributed by atoms with Crippen LogP contribution in [0.5, 0.6) is 0 Å². The highest BCUT2D eigenvalue weighted by atomic mass is 19.3. The summed E-state index contributed by atoms with van der Waals surface area (Å²) in [4.78, 5) is 17.3. The number of carbonyl (C=O) groups excluding carboxylic acids is 1. The normalized spacial score (nSPS) is 14.4. The zero-order chi connectivity index (χ0) is 15.9. The van der Waals surface area contributed by atoms with Gasteiger partial charge in [0.1, 0.15) is 0 Å². The number of fused-ring (bicyclic) bond motifs is 1. The first kappa shape index (κ1) is 14.6. The standard InChI is InChI=1S/C17H16F2N2O/c1-10-13(8-20-9-14(10)17(18)19)11-3-5-15-12(7-11)4-6-16(22)21(15)2/h3,5,7-9,17H,4,6H2,1-2H3. The summed E-state index contributed by atoms with van der Waals surface area (Å²) in [5, 5.41) is 0. The molecule has 22 heavy (non-hydrogen) atoms. The van der Waals surface area contributed by atoms with Gasteiger partial charge >= 0.3 is 0 Å². The van der Waals surface area contributed by atoms with Gasteiger partial charge in [-0.3, -0.25) is 9.78 Å². The van der Waals surface area contributed by atoms with Crippen LogP contribution in [0.3, 0.4) is 0 Å². The van der Waals surface area contributed by atoms with Crippen LogP contribution in [0.1, 0.15) is 29.5 Å². The average molecular weight is 302 g/mol. The summed E-state index contributed by atoms with van der Waals surface area (Å²) in [6.07, 6.45) is 1.44. The van der Waals surface area contributed by atoms with E-state index in [9.17, 15) is 13.6 Å². The minimum absolute atomic E-state index is 0.0393. The molecule has 0 bridgehead atoms. The fourth-order valence-corrected chi connectivity index (χ4v) is 2.88. The number of halogens is 2. The van der Waals surface area contributed by atoms with Crippen LogP contribution in [0.2, 0.25) is 0 Å². The van der Waals surface area contributed by atoms with Gasteiger partial charge in [0, 0.05) is 42.7 Å². The lowest BCUT2D eigenvalue weighted by atomic mass is 9.94. The molecule has 2 heterocycles. The van der Waals surface area contributed by atoms with Gasteiger partial charge in [-0.05, 0) is 42.2 Å². The fourth-order valence-electron chi connectivity index (χ4n) is 2.88. The average Bonchev–Trinajstić information content (AvgIpc) is 2.50. The van der Waals surface area contributed by atoms with Crippen LogP contribution in [0.15, 0.2) is 30.6 Å². The third kappa shape index (κ3) is 2.36. The van der Waals surface area contributed by atoms with E-state index in [1.54, 1.807) is 25.1 Å². The van der Waals surface area contributed by atoms with E-state index in [2.05, 4.69) is 4.98 Å². The smallest absolute Gasteiger partial charge is 0.265 e. The maximum atomic E-state index is 13.0. The van der Waals surface area contributed by atoms with E-state index in [1.807, 2.05) is 18.2 Å². The number of alkyl halides is 2. The predicted molar refractivity (Wildman–Crippen MR) is 81.1 cm³/mol. The van der Waals surface area contributed by atoms with Crippen molar-refractivity contribution >= 4 is 11.6 Å².